The zero-order chi connectivity index (χ0) is 3.58. The van der Waals surface area contributed by atoms with Crippen LogP contribution in [0.3, 0.4) is 0 Å². The number of hydrogen-bond acceptors (Lipinski definition) is 2. The summed E-state index contributed by atoms with van der Waals surface area (Å²) in [6, 6.07) is 0. The Morgan fingerprint density at radius 3 is 1.67 bits per heavy atom. The van der Waals surface area contributed by atoms with E-state index in [9.17, 15) is 0 Å². The van der Waals surface area contributed by atoms with E-state index < -0.39 is 5.09 Å². The first-order valence-electron chi connectivity index (χ1n) is 0.565. The van der Waals surface area contributed by atoms with Crippen LogP contribution in [0.5, 0.6) is 0 Å². The maximum Gasteiger partial charge on any atom is 0.316 e. The van der Waals surface area contributed by atoms with Crippen LogP contribution in [0.2, 0.25) is 0 Å². The summed E-state index contributed by atoms with van der Waals surface area (Å²) in [5.74, 6) is 0. The van der Waals surface area contributed by atoms with Crippen molar-refractivity contribution in [3.05, 3.63) is 10.1 Å². The van der Waals surface area contributed by atoms with Crippen molar-refractivity contribution < 1.29 is 52.0 Å². The third-order valence-electron chi connectivity index (χ3n) is 0. The zero-order valence-corrected chi connectivity index (χ0v) is 5.35. The fourth-order valence-electron chi connectivity index (χ4n) is 0. The molecule has 0 aliphatic heterocycles. The van der Waals surface area contributed by atoms with Gasteiger partial charge in [-0.3, -0.25) is 0 Å². The predicted molar refractivity (Wildman–Crippen MR) is 17.3 cm³/mol. The van der Waals surface area contributed by atoms with Gasteiger partial charge in [-0.15, -0.1) is 10.1 Å². The first-order chi connectivity index (χ1) is 1.73. The summed E-state index contributed by atoms with van der Waals surface area (Å²) < 4.78 is 0. The average Bonchev–Trinajstić information content (AvgIpc) is 0.811. The summed E-state index contributed by atoms with van der Waals surface area (Å²) in [6.45, 7) is 0. The maximum atomic E-state index is 8.36. The summed E-state index contributed by atoms with van der Waals surface area (Å²) in [6.07, 6.45) is 0. The smallest absolute Gasteiger partial charge is 0.316 e. The minimum Gasteiger partial charge on any atom is -0.328 e. The SMILES string of the molecule is O=[N+]([O-])O.[Ce].[MgH2]. The van der Waals surface area contributed by atoms with Crippen LogP contribution in [-0.4, -0.2) is 33.3 Å². The van der Waals surface area contributed by atoms with Crippen molar-refractivity contribution in [2.75, 3.05) is 0 Å². The van der Waals surface area contributed by atoms with Crippen LogP contribution in [0.15, 0.2) is 0 Å². The minimum absolute atomic E-state index is 0. The fraction of sp³-hybridized carbons (Fsp3) is 0. The van der Waals surface area contributed by atoms with Gasteiger partial charge in [0.25, 0.3) is 5.09 Å². The van der Waals surface area contributed by atoms with E-state index in [2.05, 4.69) is 0 Å². The van der Waals surface area contributed by atoms with Crippen LogP contribution in [0.4, 0.5) is 0 Å². The Hall–Kier alpha value is 1.34. The van der Waals surface area contributed by atoms with Crippen molar-refractivity contribution in [3.63, 3.8) is 0 Å². The first kappa shape index (κ1) is 15.7. The molecule has 0 unspecified atom stereocenters. The predicted octanol–water partition coefficient (Wildman–Crippen LogP) is -1.26. The molecule has 0 spiro atoms. The number of rotatable bonds is 0. The first-order valence-corrected chi connectivity index (χ1v) is 0.565. The quantitative estimate of drug-likeness (QED) is 0.320. The molecule has 0 saturated heterocycles. The molecule has 0 aromatic rings. The van der Waals surface area contributed by atoms with Crippen molar-refractivity contribution in [2.24, 2.45) is 0 Å². The van der Waals surface area contributed by atoms with E-state index in [-0.39, 0.29) is 64.8 Å². The van der Waals surface area contributed by atoms with Gasteiger partial charge in [-0.2, -0.15) is 0 Å². The molecule has 0 amide bonds. The average molecular weight is 229 g/mol. The molecule has 0 aliphatic rings. The summed E-state index contributed by atoms with van der Waals surface area (Å²) in [5.41, 5.74) is 0. The molecule has 0 radical (unpaired) electrons. The topological polar surface area (TPSA) is 63.4 Å². The van der Waals surface area contributed by atoms with E-state index in [1.54, 1.807) is 0 Å². The Morgan fingerprint density at radius 2 is 1.67 bits per heavy atom. The summed E-state index contributed by atoms with van der Waals surface area (Å²) in [7, 11) is 0. The number of nitrogens with zero attached hydrogens (tertiary/aromatic N) is 1. The van der Waals surface area contributed by atoms with Gasteiger partial charge in [0.2, 0.25) is 0 Å². The summed E-state index contributed by atoms with van der Waals surface area (Å²) in [4.78, 5) is 8.36. The molecule has 0 aromatic heterocycles. The number of hydrogen-bond donors (Lipinski definition) is 1. The third kappa shape index (κ3) is 55.9. The maximum absolute atomic E-state index is 8.36. The second kappa shape index (κ2) is 9.60. The molecule has 0 aromatic carbocycles. The van der Waals surface area contributed by atoms with Crippen LogP contribution in [-0.2, 0) is 0 Å². The standard InChI is InChI=1S/Ce.Mg.HNO3.2H/c;;2-1(3)4;;/h;;(H,2,3,4);;. The van der Waals surface area contributed by atoms with Gasteiger partial charge in [0.15, 0.2) is 0 Å². The van der Waals surface area contributed by atoms with Gasteiger partial charge >= 0.3 is 23.1 Å². The molecule has 0 heterocycles. The van der Waals surface area contributed by atoms with Crippen LogP contribution in [0.25, 0.3) is 0 Å². The Balaban J connectivity index is -0.0000000450. The third-order valence-corrected chi connectivity index (χ3v) is 0. The van der Waals surface area contributed by atoms with Crippen LogP contribution >= 0.6 is 0 Å². The van der Waals surface area contributed by atoms with Gasteiger partial charge in [-0.05, 0) is 0 Å². The molecule has 0 aliphatic carbocycles. The monoisotopic (exact) mass is 229 g/mol. The molecule has 32 valence electrons. The van der Waals surface area contributed by atoms with Gasteiger partial charge in [-0.1, -0.05) is 0 Å². The summed E-state index contributed by atoms with van der Waals surface area (Å²) in [5, 5.41) is 13.6. The molecule has 0 saturated carbocycles. The van der Waals surface area contributed by atoms with Crippen molar-refractivity contribution in [3.8, 4) is 0 Å². The van der Waals surface area contributed by atoms with Crippen molar-refractivity contribution in [1.29, 1.82) is 0 Å². The Bertz CT molecular complexity index is 33.8. The van der Waals surface area contributed by atoms with Crippen molar-refractivity contribution in [2.45, 2.75) is 0 Å². The molecule has 0 fully saturated rings. The molecule has 4 nitrogen and oxygen atoms in total. The van der Waals surface area contributed by atoms with Gasteiger partial charge in [0, 0.05) is 41.7 Å². The van der Waals surface area contributed by atoms with Crippen molar-refractivity contribution >= 4 is 23.1 Å². The Kier molecular flexibility index (Phi) is 25.1. The van der Waals surface area contributed by atoms with Crippen LogP contribution in [0, 0.1) is 51.9 Å². The Morgan fingerprint density at radius 1 is 1.67 bits per heavy atom. The molecule has 0 rings (SSSR count). The van der Waals surface area contributed by atoms with E-state index in [0.29, 0.717) is 0 Å². The summed E-state index contributed by atoms with van der Waals surface area (Å²) >= 11 is 0. The largest absolute Gasteiger partial charge is 0.328 e. The van der Waals surface area contributed by atoms with E-state index >= 15 is 0 Å². The zero-order valence-electron chi connectivity index (χ0n) is 2.21. The molecule has 1 N–H and O–H groups in total. The fourth-order valence-corrected chi connectivity index (χ4v) is 0. The minimum atomic E-state index is -1.50. The van der Waals surface area contributed by atoms with E-state index in [1.165, 1.54) is 0 Å². The molecular weight excluding hydrogens is 226 g/mol. The van der Waals surface area contributed by atoms with Gasteiger partial charge in [-0.25, -0.2) is 0 Å². The molecule has 0 bridgehead atoms. The normalized spacial score (nSPS) is 4.00. The van der Waals surface area contributed by atoms with Gasteiger partial charge in [0.05, 0.1) is 0 Å². The second-order valence-corrected chi connectivity index (χ2v) is 0.238. The van der Waals surface area contributed by atoms with Crippen LogP contribution in [0.1, 0.15) is 0 Å². The molecule has 0 atom stereocenters. The van der Waals surface area contributed by atoms with E-state index in [4.69, 9.17) is 15.3 Å². The Labute approximate surface area is 83.9 Å². The van der Waals surface area contributed by atoms with E-state index in [0.717, 1.165) is 0 Å². The molecular formula is H3CeMgNO3. The molecule has 6 heteroatoms. The van der Waals surface area contributed by atoms with E-state index in [1.807, 2.05) is 0 Å². The van der Waals surface area contributed by atoms with Gasteiger partial charge < -0.3 is 5.21 Å². The van der Waals surface area contributed by atoms with Crippen LogP contribution < -0.4 is 0 Å². The van der Waals surface area contributed by atoms with Crippen molar-refractivity contribution in [1.82, 2.24) is 0 Å². The van der Waals surface area contributed by atoms with Gasteiger partial charge in [0.1, 0.15) is 0 Å². The molecule has 6 heavy (non-hydrogen) atoms. The second-order valence-electron chi connectivity index (χ2n) is 0.238.